The molecule has 0 aromatic rings. The molecule has 0 saturated carbocycles. The fraction of sp³-hybridized carbons (Fsp3) is 0.818. The fourth-order valence-corrected chi connectivity index (χ4v) is 1.54. The molecule has 0 rings (SSSR count). The second-order valence-corrected chi connectivity index (χ2v) is 4.38. The summed E-state index contributed by atoms with van der Waals surface area (Å²) in [7, 11) is 0. The smallest absolute Gasteiger partial charge is 0.364 e. The summed E-state index contributed by atoms with van der Waals surface area (Å²) in [6, 6.07) is 0. The second kappa shape index (κ2) is 6.52. The Morgan fingerprint density at radius 3 is 1.57 bits per heavy atom. The number of nitrogens with two attached hydrogens (primary N) is 1. The largest absolute Gasteiger partial charge is 0.393 e. The normalized spacial score (nSPS) is 13.1. The maximum absolute atomic E-state index is 13.5. The van der Waals surface area contributed by atoms with Gasteiger partial charge in [0.1, 0.15) is 0 Å². The Hall–Kier alpha value is -1.48. The molecule has 0 saturated heterocycles. The number of rotatable bonds is 8. The van der Waals surface area contributed by atoms with E-state index in [1.807, 2.05) is 0 Å². The molecule has 0 spiro atoms. The Kier molecular flexibility index (Phi) is 6.06. The average Bonchev–Trinajstić information content (AvgIpc) is 2.36. The van der Waals surface area contributed by atoms with Crippen molar-refractivity contribution in [2.45, 2.75) is 44.5 Å². The first-order valence-electron chi connectivity index (χ1n) is 6.10. The number of hydrogen-bond acceptors (Lipinski definition) is 2. The van der Waals surface area contributed by atoms with E-state index in [-0.39, 0.29) is 25.9 Å². The van der Waals surface area contributed by atoms with Gasteiger partial charge in [0.05, 0.1) is 0 Å². The third-order valence-corrected chi connectivity index (χ3v) is 2.64. The zero-order valence-corrected chi connectivity index (χ0v) is 11.4. The van der Waals surface area contributed by atoms with Gasteiger partial charge in [-0.2, -0.15) is 26.3 Å². The number of nitrogens with zero attached hydrogens (tertiary/aromatic N) is 1. The average molecular weight is 322 g/mol. The molecule has 10 heteroatoms. The highest BCUT2D eigenvalue weighted by Crippen LogP contribution is 2.46. The summed E-state index contributed by atoms with van der Waals surface area (Å²) >= 11 is 0. The minimum Gasteiger partial charge on any atom is -0.364 e. The van der Waals surface area contributed by atoms with Crippen LogP contribution in [0.15, 0.2) is 0 Å². The van der Waals surface area contributed by atoms with Crippen LogP contribution in [0.3, 0.4) is 0 Å². The molecule has 0 radical (unpaired) electrons. The van der Waals surface area contributed by atoms with E-state index in [4.69, 9.17) is 0 Å². The van der Waals surface area contributed by atoms with Crippen LogP contribution in [0.2, 0.25) is 0 Å². The Balaban J connectivity index is 5.61. The van der Waals surface area contributed by atoms with Crippen LogP contribution >= 0.6 is 0 Å². The molecule has 0 heterocycles. The predicted molar refractivity (Wildman–Crippen MR) is 61.2 cm³/mol. The third-order valence-electron chi connectivity index (χ3n) is 2.64. The highest BCUT2D eigenvalue weighted by atomic mass is 19.3. The van der Waals surface area contributed by atoms with Gasteiger partial charge in [0.2, 0.25) is 0 Å². The molecule has 0 atom stereocenters. The molecule has 0 aliphatic rings. The van der Waals surface area contributed by atoms with Gasteiger partial charge in [0, 0.05) is 13.1 Å². The van der Waals surface area contributed by atoms with Crippen molar-refractivity contribution in [3.8, 4) is 0 Å². The minimum atomic E-state index is -6.22. The number of carbonyl (C=O) groups is 2. The molecule has 0 fully saturated rings. The van der Waals surface area contributed by atoms with E-state index < -0.39 is 29.6 Å². The molecule has 0 aliphatic carbocycles. The molecule has 0 bridgehead atoms. The number of primary amides is 1. The zero-order valence-electron chi connectivity index (χ0n) is 11.4. The lowest BCUT2D eigenvalue weighted by atomic mass is 10.0. The molecular formula is C11H16F6N2O2. The van der Waals surface area contributed by atoms with Crippen molar-refractivity contribution in [2.75, 3.05) is 13.1 Å². The number of amides is 2. The molecule has 0 aromatic heterocycles. The van der Waals surface area contributed by atoms with Crippen LogP contribution in [0.25, 0.3) is 0 Å². The van der Waals surface area contributed by atoms with Crippen LogP contribution in [0.1, 0.15) is 26.7 Å². The molecule has 124 valence electrons. The summed E-state index contributed by atoms with van der Waals surface area (Å²) in [6.07, 6.45) is 0.333. The van der Waals surface area contributed by atoms with Crippen LogP contribution in [-0.4, -0.2) is 47.6 Å². The Labute approximate surface area is 117 Å². The van der Waals surface area contributed by atoms with Crippen molar-refractivity contribution in [2.24, 2.45) is 5.73 Å². The first-order valence-corrected chi connectivity index (χ1v) is 6.10. The SMILES string of the molecule is CCCN(CCC)C(=O)C(F)(F)C(F)(F)C(F)(F)C(N)=O. The maximum Gasteiger partial charge on any atom is 0.393 e. The standard InChI is InChI=1S/C11H16F6N2O2/c1-3-5-19(6-4-2)8(21)10(14,15)11(16,17)9(12,13)7(18)20/h3-6H2,1-2H3,(H2,18,20). The van der Waals surface area contributed by atoms with Crippen LogP contribution in [-0.2, 0) is 9.59 Å². The summed E-state index contributed by atoms with van der Waals surface area (Å²) in [5.74, 6) is -23.2. The molecule has 0 unspecified atom stereocenters. The monoisotopic (exact) mass is 322 g/mol. The number of halogens is 6. The topological polar surface area (TPSA) is 63.4 Å². The third kappa shape index (κ3) is 3.41. The van der Waals surface area contributed by atoms with Gasteiger partial charge in [-0.15, -0.1) is 0 Å². The summed E-state index contributed by atoms with van der Waals surface area (Å²) in [5.41, 5.74) is 4.02. The predicted octanol–water partition coefficient (Wildman–Crippen LogP) is 2.03. The first-order chi connectivity index (χ1) is 9.37. The number of alkyl halides is 6. The van der Waals surface area contributed by atoms with Crippen LogP contribution in [0.4, 0.5) is 26.3 Å². The Morgan fingerprint density at radius 2 is 1.29 bits per heavy atom. The van der Waals surface area contributed by atoms with E-state index in [2.05, 4.69) is 5.73 Å². The molecule has 2 amide bonds. The van der Waals surface area contributed by atoms with Crippen molar-refractivity contribution >= 4 is 11.8 Å². The van der Waals surface area contributed by atoms with Crippen LogP contribution in [0.5, 0.6) is 0 Å². The molecule has 4 nitrogen and oxygen atoms in total. The van der Waals surface area contributed by atoms with Gasteiger partial charge >= 0.3 is 17.8 Å². The number of carbonyl (C=O) groups excluding carboxylic acids is 2. The van der Waals surface area contributed by atoms with Crippen LogP contribution in [0, 0.1) is 0 Å². The summed E-state index contributed by atoms with van der Waals surface area (Å²) in [4.78, 5) is 22.1. The Bertz CT molecular complexity index is 394. The van der Waals surface area contributed by atoms with E-state index in [0.717, 1.165) is 0 Å². The van der Waals surface area contributed by atoms with E-state index in [9.17, 15) is 35.9 Å². The van der Waals surface area contributed by atoms with E-state index in [1.54, 1.807) is 0 Å². The summed E-state index contributed by atoms with van der Waals surface area (Å²) < 4.78 is 79.5. The first kappa shape index (κ1) is 19.5. The summed E-state index contributed by atoms with van der Waals surface area (Å²) in [5, 5.41) is 0. The van der Waals surface area contributed by atoms with E-state index in [0.29, 0.717) is 4.90 Å². The quantitative estimate of drug-likeness (QED) is 0.695. The molecular weight excluding hydrogens is 306 g/mol. The van der Waals surface area contributed by atoms with Gasteiger partial charge < -0.3 is 10.6 Å². The maximum atomic E-state index is 13.5. The van der Waals surface area contributed by atoms with Gasteiger partial charge in [0.25, 0.3) is 11.8 Å². The second-order valence-electron chi connectivity index (χ2n) is 4.38. The lowest BCUT2D eigenvalue weighted by Gasteiger charge is -2.33. The molecule has 0 aliphatic heterocycles. The molecule has 0 aromatic carbocycles. The highest BCUT2D eigenvalue weighted by molar-refractivity contribution is 5.89. The molecule has 21 heavy (non-hydrogen) atoms. The number of hydrogen-bond donors (Lipinski definition) is 1. The van der Waals surface area contributed by atoms with Gasteiger partial charge in [0.15, 0.2) is 0 Å². The van der Waals surface area contributed by atoms with Gasteiger partial charge in [-0.05, 0) is 12.8 Å². The van der Waals surface area contributed by atoms with Crippen molar-refractivity contribution in [3.05, 3.63) is 0 Å². The van der Waals surface area contributed by atoms with Gasteiger partial charge in [-0.3, -0.25) is 9.59 Å². The van der Waals surface area contributed by atoms with Crippen molar-refractivity contribution in [1.29, 1.82) is 0 Å². The van der Waals surface area contributed by atoms with Crippen molar-refractivity contribution in [1.82, 2.24) is 4.90 Å². The zero-order chi connectivity index (χ0) is 17.1. The Morgan fingerprint density at radius 1 is 0.905 bits per heavy atom. The van der Waals surface area contributed by atoms with Crippen LogP contribution < -0.4 is 5.73 Å². The lowest BCUT2D eigenvalue weighted by Crippen LogP contribution is -2.65. The highest BCUT2D eigenvalue weighted by Gasteiger charge is 2.77. The lowest BCUT2D eigenvalue weighted by molar-refractivity contribution is -0.289. The van der Waals surface area contributed by atoms with Gasteiger partial charge in [-0.25, -0.2) is 0 Å². The van der Waals surface area contributed by atoms with Gasteiger partial charge in [-0.1, -0.05) is 13.8 Å². The van der Waals surface area contributed by atoms with Crippen molar-refractivity contribution < 1.29 is 35.9 Å². The van der Waals surface area contributed by atoms with E-state index in [1.165, 1.54) is 13.8 Å². The summed E-state index contributed by atoms with van der Waals surface area (Å²) in [6.45, 7) is 2.37. The molecule has 2 N–H and O–H groups in total. The van der Waals surface area contributed by atoms with E-state index >= 15 is 0 Å². The minimum absolute atomic E-state index is 0.166. The fourth-order valence-electron chi connectivity index (χ4n) is 1.54. The van der Waals surface area contributed by atoms with Crippen molar-refractivity contribution in [3.63, 3.8) is 0 Å².